The van der Waals surface area contributed by atoms with Crippen molar-refractivity contribution in [3.63, 3.8) is 0 Å². The minimum absolute atomic E-state index is 0.0304. The van der Waals surface area contributed by atoms with Crippen LogP contribution in [0.3, 0.4) is 0 Å². The first-order valence-corrected chi connectivity index (χ1v) is 7.95. The molecule has 1 aromatic rings. The first-order valence-electron chi connectivity index (χ1n) is 7.16. The lowest BCUT2D eigenvalue weighted by Gasteiger charge is -2.22. The van der Waals surface area contributed by atoms with Crippen molar-refractivity contribution in [2.24, 2.45) is 0 Å². The predicted octanol–water partition coefficient (Wildman–Crippen LogP) is 3.04. The second-order valence-electron chi connectivity index (χ2n) is 5.17. The molecule has 0 saturated heterocycles. The van der Waals surface area contributed by atoms with Crippen LogP contribution in [-0.2, 0) is 16.0 Å². The Hall–Kier alpha value is -1.33. The Kier molecular flexibility index (Phi) is 5.42. The Morgan fingerprint density at radius 2 is 2.05 bits per heavy atom. The molecule has 0 saturated carbocycles. The molecular formula is C16H21BrN2O2. The third-order valence-electron chi connectivity index (χ3n) is 3.65. The number of halogens is 1. The molecule has 1 atom stereocenters. The third-order valence-corrected chi connectivity index (χ3v) is 4.18. The van der Waals surface area contributed by atoms with Gasteiger partial charge in [-0.1, -0.05) is 35.0 Å². The van der Waals surface area contributed by atoms with Gasteiger partial charge in [0.2, 0.25) is 0 Å². The molecule has 5 heteroatoms. The number of hydrogen-bond donors (Lipinski definition) is 1. The molecule has 0 aromatic heterocycles. The number of methoxy groups -OCH3 is 1. The van der Waals surface area contributed by atoms with Crippen molar-refractivity contribution in [3.8, 4) is 0 Å². The summed E-state index contributed by atoms with van der Waals surface area (Å²) in [7, 11) is 1.43. The van der Waals surface area contributed by atoms with Gasteiger partial charge in [-0.2, -0.15) is 0 Å². The number of hydrazine groups is 1. The van der Waals surface area contributed by atoms with Gasteiger partial charge in [0, 0.05) is 23.1 Å². The van der Waals surface area contributed by atoms with E-state index in [1.165, 1.54) is 7.11 Å². The molecule has 0 bridgehead atoms. The highest BCUT2D eigenvalue weighted by atomic mass is 79.9. The first kappa shape index (κ1) is 16.0. The van der Waals surface area contributed by atoms with E-state index in [0.29, 0.717) is 6.42 Å². The van der Waals surface area contributed by atoms with Crippen LogP contribution in [0.5, 0.6) is 0 Å². The highest BCUT2D eigenvalue weighted by Gasteiger charge is 2.33. The van der Waals surface area contributed by atoms with Gasteiger partial charge in [0.05, 0.1) is 18.7 Å². The number of carbonyl (C=O) groups is 1. The molecule has 1 heterocycles. The van der Waals surface area contributed by atoms with Crippen molar-refractivity contribution in [2.75, 3.05) is 13.7 Å². The van der Waals surface area contributed by atoms with Crippen LogP contribution in [-0.4, -0.2) is 30.7 Å². The maximum absolute atomic E-state index is 12.1. The zero-order valence-electron chi connectivity index (χ0n) is 12.6. The van der Waals surface area contributed by atoms with E-state index in [0.717, 1.165) is 34.3 Å². The number of allylic oxidation sites excluding steroid dienone is 1. The molecule has 2 rings (SSSR count). The van der Waals surface area contributed by atoms with Crippen LogP contribution in [0.2, 0.25) is 0 Å². The van der Waals surface area contributed by atoms with Crippen molar-refractivity contribution < 1.29 is 9.53 Å². The Balaban J connectivity index is 2.25. The van der Waals surface area contributed by atoms with Crippen molar-refractivity contribution in [2.45, 2.75) is 32.7 Å². The van der Waals surface area contributed by atoms with E-state index in [2.05, 4.69) is 45.4 Å². The SMILES string of the molecule is CCCN1NC(Cc2ccc(Br)cc2)=C(C(=O)OC)C1C. The van der Waals surface area contributed by atoms with Crippen molar-refractivity contribution in [1.29, 1.82) is 0 Å². The van der Waals surface area contributed by atoms with E-state index in [1.54, 1.807) is 0 Å². The minimum atomic E-state index is -0.249. The van der Waals surface area contributed by atoms with Gasteiger partial charge in [-0.05, 0) is 31.0 Å². The van der Waals surface area contributed by atoms with E-state index < -0.39 is 0 Å². The molecule has 0 aliphatic carbocycles. The molecule has 0 amide bonds. The van der Waals surface area contributed by atoms with Crippen LogP contribution in [0.4, 0.5) is 0 Å². The monoisotopic (exact) mass is 352 g/mol. The molecule has 0 radical (unpaired) electrons. The Bertz CT molecular complexity index is 540. The van der Waals surface area contributed by atoms with E-state index in [-0.39, 0.29) is 12.0 Å². The molecule has 114 valence electrons. The molecule has 21 heavy (non-hydrogen) atoms. The fourth-order valence-corrected chi connectivity index (χ4v) is 2.84. The highest BCUT2D eigenvalue weighted by Crippen LogP contribution is 2.25. The van der Waals surface area contributed by atoms with Gasteiger partial charge in [-0.3, -0.25) is 0 Å². The lowest BCUT2D eigenvalue weighted by molar-refractivity contribution is -0.136. The number of ether oxygens (including phenoxy) is 1. The zero-order chi connectivity index (χ0) is 15.4. The Morgan fingerprint density at radius 3 is 2.62 bits per heavy atom. The van der Waals surface area contributed by atoms with Gasteiger partial charge in [-0.15, -0.1) is 0 Å². The zero-order valence-corrected chi connectivity index (χ0v) is 14.2. The van der Waals surface area contributed by atoms with Gasteiger partial charge in [0.15, 0.2) is 0 Å². The van der Waals surface area contributed by atoms with Crippen LogP contribution in [0, 0.1) is 0 Å². The molecule has 0 spiro atoms. The van der Waals surface area contributed by atoms with E-state index in [9.17, 15) is 4.79 Å². The summed E-state index contributed by atoms with van der Waals surface area (Å²) < 4.78 is 6.00. The summed E-state index contributed by atoms with van der Waals surface area (Å²) >= 11 is 3.43. The van der Waals surface area contributed by atoms with Crippen LogP contribution < -0.4 is 5.43 Å². The number of carbonyl (C=O) groups excluding carboxylic acids is 1. The molecule has 1 unspecified atom stereocenters. The van der Waals surface area contributed by atoms with Crippen LogP contribution >= 0.6 is 15.9 Å². The summed E-state index contributed by atoms with van der Waals surface area (Å²) in [5.41, 5.74) is 6.20. The molecule has 1 aromatic carbocycles. The largest absolute Gasteiger partial charge is 0.466 e. The summed E-state index contributed by atoms with van der Waals surface area (Å²) in [6, 6.07) is 8.16. The normalized spacial score (nSPS) is 18.8. The predicted molar refractivity (Wildman–Crippen MR) is 86.5 cm³/mol. The third kappa shape index (κ3) is 3.66. The van der Waals surface area contributed by atoms with Crippen molar-refractivity contribution >= 4 is 21.9 Å². The summed E-state index contributed by atoms with van der Waals surface area (Å²) in [4.78, 5) is 12.1. The molecule has 1 N–H and O–H groups in total. The van der Waals surface area contributed by atoms with E-state index in [1.807, 2.05) is 19.1 Å². The first-order chi connectivity index (χ1) is 10.1. The lowest BCUT2D eigenvalue weighted by Crippen LogP contribution is -2.39. The molecule has 1 aliphatic heterocycles. The average molecular weight is 353 g/mol. The quantitative estimate of drug-likeness (QED) is 0.827. The topological polar surface area (TPSA) is 41.6 Å². The van der Waals surface area contributed by atoms with E-state index in [4.69, 9.17) is 4.74 Å². The van der Waals surface area contributed by atoms with Crippen molar-refractivity contribution in [3.05, 3.63) is 45.6 Å². The molecular weight excluding hydrogens is 332 g/mol. The second kappa shape index (κ2) is 7.09. The second-order valence-corrected chi connectivity index (χ2v) is 6.08. The lowest BCUT2D eigenvalue weighted by atomic mass is 10.0. The van der Waals surface area contributed by atoms with E-state index >= 15 is 0 Å². The number of benzene rings is 1. The van der Waals surface area contributed by atoms with Crippen molar-refractivity contribution in [1.82, 2.24) is 10.4 Å². The highest BCUT2D eigenvalue weighted by molar-refractivity contribution is 9.10. The summed E-state index contributed by atoms with van der Waals surface area (Å²) in [6.07, 6.45) is 1.72. The van der Waals surface area contributed by atoms with Gasteiger partial charge < -0.3 is 10.2 Å². The van der Waals surface area contributed by atoms with Crippen LogP contribution in [0.15, 0.2) is 40.0 Å². The summed E-state index contributed by atoms with van der Waals surface area (Å²) in [5.74, 6) is -0.249. The summed E-state index contributed by atoms with van der Waals surface area (Å²) in [5, 5.41) is 2.10. The Morgan fingerprint density at radius 1 is 1.38 bits per heavy atom. The molecule has 4 nitrogen and oxygen atoms in total. The number of nitrogens with zero attached hydrogens (tertiary/aromatic N) is 1. The number of nitrogens with one attached hydrogen (secondary N) is 1. The average Bonchev–Trinajstić information content (AvgIpc) is 2.77. The fraction of sp³-hybridized carbons (Fsp3) is 0.438. The van der Waals surface area contributed by atoms with Gasteiger partial charge in [0.25, 0.3) is 0 Å². The standard InChI is InChI=1S/C16H21BrN2O2/c1-4-9-19-11(2)15(16(20)21-3)14(18-19)10-12-5-7-13(17)8-6-12/h5-8,11,18H,4,9-10H2,1-3H3. The molecule has 0 fully saturated rings. The minimum Gasteiger partial charge on any atom is -0.466 e. The Labute approximate surface area is 134 Å². The fourth-order valence-electron chi connectivity index (χ4n) is 2.57. The molecule has 1 aliphatic rings. The maximum atomic E-state index is 12.1. The number of hydrogen-bond acceptors (Lipinski definition) is 4. The van der Waals surface area contributed by atoms with Crippen LogP contribution in [0.1, 0.15) is 25.8 Å². The number of rotatable bonds is 5. The maximum Gasteiger partial charge on any atom is 0.337 e. The van der Waals surface area contributed by atoms with Gasteiger partial charge in [0.1, 0.15) is 0 Å². The van der Waals surface area contributed by atoms with Gasteiger partial charge >= 0.3 is 5.97 Å². The van der Waals surface area contributed by atoms with Crippen LogP contribution in [0.25, 0.3) is 0 Å². The smallest absolute Gasteiger partial charge is 0.337 e. The number of esters is 1. The summed E-state index contributed by atoms with van der Waals surface area (Å²) in [6.45, 7) is 5.05. The van der Waals surface area contributed by atoms with Gasteiger partial charge in [-0.25, -0.2) is 9.80 Å².